The van der Waals surface area contributed by atoms with Gasteiger partial charge >= 0.3 is 0 Å². The summed E-state index contributed by atoms with van der Waals surface area (Å²) in [4.78, 5) is 12.2. The molecule has 0 bridgehead atoms. The Balaban J connectivity index is 1.22. The first-order chi connectivity index (χ1) is 13.8. The van der Waals surface area contributed by atoms with E-state index in [1.54, 1.807) is 11.3 Å². The second-order valence-corrected chi connectivity index (χ2v) is 7.31. The number of benzene rings is 1. The van der Waals surface area contributed by atoms with Crippen LogP contribution in [-0.4, -0.2) is 35.4 Å². The number of hydrogen-bond donors (Lipinski definition) is 1. The van der Waals surface area contributed by atoms with Gasteiger partial charge in [0.1, 0.15) is 12.4 Å². The SMILES string of the molecule is O=C(CCc1nnc(-c2ccsc2)o1)Nc1ccc(OC[C@@H]2CCCO2)cc1. The summed E-state index contributed by atoms with van der Waals surface area (Å²) in [5.74, 6) is 1.59. The fourth-order valence-electron chi connectivity index (χ4n) is 2.90. The van der Waals surface area contributed by atoms with Gasteiger partial charge in [0.2, 0.25) is 17.7 Å². The summed E-state index contributed by atoms with van der Waals surface area (Å²) in [5.41, 5.74) is 1.62. The van der Waals surface area contributed by atoms with E-state index in [9.17, 15) is 4.79 Å². The molecule has 3 aromatic rings. The molecule has 1 atom stereocenters. The molecule has 0 radical (unpaired) electrons. The fourth-order valence-corrected chi connectivity index (χ4v) is 3.53. The number of nitrogens with zero attached hydrogens (tertiary/aromatic N) is 2. The number of carbonyl (C=O) groups excluding carboxylic acids is 1. The number of rotatable bonds is 8. The van der Waals surface area contributed by atoms with E-state index in [1.165, 1.54) is 0 Å². The molecule has 4 rings (SSSR count). The molecule has 28 heavy (non-hydrogen) atoms. The summed E-state index contributed by atoms with van der Waals surface area (Å²) in [7, 11) is 0. The quantitative estimate of drug-likeness (QED) is 0.618. The first-order valence-corrected chi connectivity index (χ1v) is 10.2. The molecule has 146 valence electrons. The van der Waals surface area contributed by atoms with E-state index in [0.29, 0.717) is 24.8 Å². The Kier molecular flexibility index (Phi) is 5.98. The topological polar surface area (TPSA) is 86.5 Å². The van der Waals surface area contributed by atoms with Crippen LogP contribution in [0.25, 0.3) is 11.5 Å². The van der Waals surface area contributed by atoms with Gasteiger partial charge in [-0.1, -0.05) is 0 Å². The maximum absolute atomic E-state index is 12.2. The van der Waals surface area contributed by atoms with Crippen molar-refractivity contribution in [2.75, 3.05) is 18.5 Å². The highest BCUT2D eigenvalue weighted by molar-refractivity contribution is 7.08. The highest BCUT2D eigenvalue weighted by atomic mass is 32.1. The van der Waals surface area contributed by atoms with Gasteiger partial charge in [-0.05, 0) is 48.6 Å². The lowest BCUT2D eigenvalue weighted by Crippen LogP contribution is -2.16. The van der Waals surface area contributed by atoms with Crippen LogP contribution in [-0.2, 0) is 16.0 Å². The van der Waals surface area contributed by atoms with Gasteiger partial charge in [-0.2, -0.15) is 11.3 Å². The molecule has 7 nitrogen and oxygen atoms in total. The lowest BCUT2D eigenvalue weighted by molar-refractivity contribution is -0.116. The molecule has 1 N–H and O–H groups in total. The molecular formula is C20H21N3O4S. The fraction of sp³-hybridized carbons (Fsp3) is 0.350. The predicted molar refractivity (Wildman–Crippen MR) is 105 cm³/mol. The van der Waals surface area contributed by atoms with E-state index in [2.05, 4.69) is 15.5 Å². The number of ether oxygens (including phenoxy) is 2. The number of carbonyl (C=O) groups is 1. The molecule has 0 aliphatic carbocycles. The first kappa shape index (κ1) is 18.6. The number of thiophene rings is 1. The lowest BCUT2D eigenvalue weighted by atomic mass is 10.2. The van der Waals surface area contributed by atoms with E-state index in [0.717, 1.165) is 36.4 Å². The van der Waals surface area contributed by atoms with Crippen LogP contribution in [0.2, 0.25) is 0 Å². The molecule has 1 saturated heterocycles. The Bertz CT molecular complexity index is 887. The van der Waals surface area contributed by atoms with E-state index < -0.39 is 0 Å². The highest BCUT2D eigenvalue weighted by Crippen LogP contribution is 2.21. The minimum absolute atomic E-state index is 0.108. The van der Waals surface area contributed by atoms with Crippen molar-refractivity contribution in [3.05, 3.63) is 47.0 Å². The minimum Gasteiger partial charge on any atom is -0.491 e. The monoisotopic (exact) mass is 399 g/mol. The third kappa shape index (κ3) is 4.96. The molecule has 2 aromatic heterocycles. The van der Waals surface area contributed by atoms with Crippen molar-refractivity contribution in [3.8, 4) is 17.2 Å². The van der Waals surface area contributed by atoms with Gasteiger partial charge in [-0.3, -0.25) is 4.79 Å². The molecule has 0 saturated carbocycles. The third-order valence-electron chi connectivity index (χ3n) is 4.40. The van der Waals surface area contributed by atoms with Gasteiger partial charge < -0.3 is 19.2 Å². The summed E-state index contributed by atoms with van der Waals surface area (Å²) < 4.78 is 16.9. The summed E-state index contributed by atoms with van der Waals surface area (Å²) in [6.45, 7) is 1.38. The number of nitrogens with one attached hydrogen (secondary N) is 1. The standard InChI is InChI=1S/C20H21N3O4S/c24-18(7-8-19-22-23-20(27-19)14-9-11-28-13-14)21-15-3-5-16(6-4-15)26-12-17-2-1-10-25-17/h3-6,9,11,13,17H,1-2,7-8,10,12H2,(H,21,24)/t17-/m0/s1. The molecule has 1 amide bonds. The molecule has 1 aliphatic rings. The number of amides is 1. The number of anilines is 1. The number of hydrogen-bond acceptors (Lipinski definition) is 7. The van der Waals surface area contributed by atoms with Crippen molar-refractivity contribution in [3.63, 3.8) is 0 Å². The molecule has 0 unspecified atom stereocenters. The summed E-state index contributed by atoms with van der Waals surface area (Å²) >= 11 is 1.57. The maximum atomic E-state index is 12.2. The predicted octanol–water partition coefficient (Wildman–Crippen LogP) is 3.93. The molecule has 1 aromatic carbocycles. The molecule has 0 spiro atoms. The molecular weight excluding hydrogens is 378 g/mol. The smallest absolute Gasteiger partial charge is 0.248 e. The highest BCUT2D eigenvalue weighted by Gasteiger charge is 2.16. The van der Waals surface area contributed by atoms with Crippen molar-refractivity contribution >= 4 is 22.9 Å². The summed E-state index contributed by atoms with van der Waals surface area (Å²) in [6.07, 6.45) is 2.99. The van der Waals surface area contributed by atoms with Crippen LogP contribution in [0.5, 0.6) is 5.75 Å². The number of aryl methyl sites for hydroxylation is 1. The lowest BCUT2D eigenvalue weighted by Gasteiger charge is -2.12. The zero-order valence-electron chi connectivity index (χ0n) is 15.3. The Labute approximate surface area is 166 Å². The molecule has 1 aliphatic heterocycles. The van der Waals surface area contributed by atoms with E-state index in [1.807, 2.05) is 41.1 Å². The van der Waals surface area contributed by atoms with Crippen LogP contribution in [0.3, 0.4) is 0 Å². The van der Waals surface area contributed by atoms with Gasteiger partial charge in [-0.15, -0.1) is 10.2 Å². The van der Waals surface area contributed by atoms with E-state index >= 15 is 0 Å². The van der Waals surface area contributed by atoms with Crippen LogP contribution >= 0.6 is 11.3 Å². The van der Waals surface area contributed by atoms with Crippen LogP contribution in [0.1, 0.15) is 25.2 Å². The van der Waals surface area contributed by atoms with Crippen molar-refractivity contribution in [2.45, 2.75) is 31.8 Å². The first-order valence-electron chi connectivity index (χ1n) is 9.25. The van der Waals surface area contributed by atoms with Crippen LogP contribution in [0.15, 0.2) is 45.5 Å². The largest absolute Gasteiger partial charge is 0.491 e. The van der Waals surface area contributed by atoms with Gasteiger partial charge in [0.05, 0.1) is 6.10 Å². The Hall–Kier alpha value is -2.71. The van der Waals surface area contributed by atoms with Crippen LogP contribution in [0.4, 0.5) is 5.69 Å². The van der Waals surface area contributed by atoms with Crippen molar-refractivity contribution in [1.82, 2.24) is 10.2 Å². The van der Waals surface area contributed by atoms with Gasteiger partial charge in [0.25, 0.3) is 0 Å². The second-order valence-electron chi connectivity index (χ2n) is 6.53. The molecule has 8 heteroatoms. The van der Waals surface area contributed by atoms with Crippen molar-refractivity contribution in [2.24, 2.45) is 0 Å². The maximum Gasteiger partial charge on any atom is 0.248 e. The summed E-state index contributed by atoms with van der Waals surface area (Å²) in [5, 5.41) is 14.8. The third-order valence-corrected chi connectivity index (χ3v) is 5.08. The summed E-state index contributed by atoms with van der Waals surface area (Å²) in [6, 6.07) is 9.25. The Morgan fingerprint density at radius 3 is 2.89 bits per heavy atom. The van der Waals surface area contributed by atoms with Crippen molar-refractivity contribution in [1.29, 1.82) is 0 Å². The van der Waals surface area contributed by atoms with Crippen LogP contribution in [0, 0.1) is 0 Å². The van der Waals surface area contributed by atoms with E-state index in [-0.39, 0.29) is 18.4 Å². The zero-order valence-corrected chi connectivity index (χ0v) is 16.1. The minimum atomic E-state index is -0.108. The Morgan fingerprint density at radius 1 is 1.25 bits per heavy atom. The Morgan fingerprint density at radius 2 is 2.14 bits per heavy atom. The van der Waals surface area contributed by atoms with Gasteiger partial charge in [0, 0.05) is 36.1 Å². The second kappa shape index (κ2) is 8.99. The van der Waals surface area contributed by atoms with Gasteiger partial charge in [0.15, 0.2) is 0 Å². The van der Waals surface area contributed by atoms with Gasteiger partial charge in [-0.25, -0.2) is 0 Å². The average Bonchev–Trinajstić information content (AvgIpc) is 3.48. The molecule has 1 fully saturated rings. The van der Waals surface area contributed by atoms with E-state index in [4.69, 9.17) is 13.9 Å². The average molecular weight is 399 g/mol. The normalized spacial score (nSPS) is 16.2. The number of aromatic nitrogens is 2. The molecule has 3 heterocycles. The van der Waals surface area contributed by atoms with Crippen LogP contribution < -0.4 is 10.1 Å². The van der Waals surface area contributed by atoms with Crippen molar-refractivity contribution < 1.29 is 18.7 Å². The zero-order chi connectivity index (χ0) is 19.2.